The van der Waals surface area contributed by atoms with Crippen LogP contribution in [0.5, 0.6) is 0 Å². The molecule has 28 heavy (non-hydrogen) atoms. The van der Waals surface area contributed by atoms with Crippen LogP contribution in [0, 0.1) is 12.3 Å². The van der Waals surface area contributed by atoms with Gasteiger partial charge in [0.25, 0.3) is 0 Å². The fraction of sp³-hybridized carbons (Fsp3) is 0.364. The maximum atomic E-state index is 9.96. The number of halogens is 1. The van der Waals surface area contributed by atoms with Crippen molar-refractivity contribution in [1.29, 1.82) is 0 Å². The second-order valence-corrected chi connectivity index (χ2v) is 8.66. The summed E-state index contributed by atoms with van der Waals surface area (Å²) in [5, 5.41) is 19.7. The first kappa shape index (κ1) is 20.2. The topological polar surface area (TPSA) is 60.2 Å². The van der Waals surface area contributed by atoms with Gasteiger partial charge in [-0.15, -0.1) is 10.2 Å². The molecule has 0 saturated carbocycles. The minimum absolute atomic E-state index is 0.0186. The fourth-order valence-electron chi connectivity index (χ4n) is 2.98. The molecule has 0 bridgehead atoms. The summed E-state index contributed by atoms with van der Waals surface area (Å²) >= 11 is 6.06. The quantitative estimate of drug-likeness (QED) is 0.421. The molecule has 0 spiro atoms. The maximum absolute atomic E-state index is 9.96. The molecule has 0 aliphatic carbocycles. The van der Waals surface area contributed by atoms with Crippen molar-refractivity contribution >= 4 is 22.6 Å². The van der Waals surface area contributed by atoms with Crippen LogP contribution in [-0.4, -0.2) is 26.7 Å². The first-order valence-corrected chi connectivity index (χ1v) is 9.71. The number of fused-ring (bicyclic) bond motifs is 1. The van der Waals surface area contributed by atoms with Gasteiger partial charge in [-0.1, -0.05) is 44.5 Å². The van der Waals surface area contributed by atoms with Crippen LogP contribution in [0.25, 0.3) is 16.7 Å². The molecular weight excluding hydrogens is 374 g/mol. The first-order chi connectivity index (χ1) is 13.2. The van der Waals surface area contributed by atoms with Crippen molar-refractivity contribution in [3.05, 3.63) is 64.6 Å². The molecular formula is C22H26ClN3O2. The zero-order chi connectivity index (χ0) is 20.3. The van der Waals surface area contributed by atoms with E-state index in [-0.39, 0.29) is 11.2 Å². The number of aromatic nitrogens is 3. The molecule has 1 heterocycles. The molecule has 1 N–H and O–H groups in total. The van der Waals surface area contributed by atoms with E-state index in [1.54, 1.807) is 4.80 Å². The predicted octanol–water partition coefficient (Wildman–Crippen LogP) is 5.78. The molecule has 0 fully saturated rings. The summed E-state index contributed by atoms with van der Waals surface area (Å²) in [5.41, 5.74) is 4.68. The summed E-state index contributed by atoms with van der Waals surface area (Å²) in [6.07, 6.45) is 2.70. The van der Waals surface area contributed by atoms with Crippen molar-refractivity contribution in [3.8, 4) is 5.69 Å². The average molecular weight is 400 g/mol. The summed E-state index contributed by atoms with van der Waals surface area (Å²) in [6, 6.07) is 11.7. The van der Waals surface area contributed by atoms with E-state index in [0.717, 1.165) is 27.8 Å². The Morgan fingerprint density at radius 2 is 1.89 bits per heavy atom. The van der Waals surface area contributed by atoms with Gasteiger partial charge in [0, 0.05) is 17.9 Å². The highest BCUT2D eigenvalue weighted by molar-refractivity contribution is 6.31. The van der Waals surface area contributed by atoms with E-state index in [9.17, 15) is 5.11 Å². The average Bonchev–Trinajstić information content (AvgIpc) is 3.01. The van der Waals surface area contributed by atoms with Gasteiger partial charge in [-0.25, -0.2) is 0 Å². The zero-order valence-electron chi connectivity index (χ0n) is 16.7. The number of rotatable bonds is 6. The Hall–Kier alpha value is -2.53. The number of ether oxygens (including phenoxy) is 1. The number of aryl methyl sites for hydroxylation is 1. The van der Waals surface area contributed by atoms with Crippen LogP contribution in [0.4, 0.5) is 0 Å². The lowest BCUT2D eigenvalue weighted by atomic mass is 9.92. The molecule has 0 atom stereocenters. The third-order valence-corrected chi connectivity index (χ3v) is 4.45. The minimum atomic E-state index is 0.0186. The lowest BCUT2D eigenvalue weighted by Gasteiger charge is -2.16. The van der Waals surface area contributed by atoms with Crippen molar-refractivity contribution < 1.29 is 9.84 Å². The van der Waals surface area contributed by atoms with Crippen molar-refractivity contribution in [2.75, 3.05) is 6.61 Å². The number of aliphatic hydroxyl groups excluding tert-OH is 1. The highest BCUT2D eigenvalue weighted by atomic mass is 35.5. The van der Waals surface area contributed by atoms with Gasteiger partial charge in [-0.3, -0.25) is 0 Å². The zero-order valence-corrected chi connectivity index (χ0v) is 17.5. The Labute approximate surface area is 170 Å². The smallest absolute Gasteiger partial charge is 0.127 e. The standard InChI is InChI=1S/C22H26ClN3O2/c1-15-5-6-16(9-10-28-14-18(27)13-22(2,3)4)21(11-15)26-24-19-8-7-17(23)12-20(19)25-26/h5-8,11-12,14,27H,9-10,13H2,1-4H3. The highest BCUT2D eigenvalue weighted by Crippen LogP contribution is 2.23. The van der Waals surface area contributed by atoms with Crippen LogP contribution in [0.1, 0.15) is 38.3 Å². The third-order valence-electron chi connectivity index (χ3n) is 4.22. The molecule has 2 aromatic carbocycles. The minimum Gasteiger partial charge on any atom is -0.509 e. The van der Waals surface area contributed by atoms with Crippen molar-refractivity contribution in [3.63, 3.8) is 0 Å². The predicted molar refractivity (Wildman–Crippen MR) is 113 cm³/mol. The third kappa shape index (κ3) is 5.26. The Balaban J connectivity index is 1.76. The van der Waals surface area contributed by atoms with Crippen molar-refractivity contribution in [2.24, 2.45) is 5.41 Å². The molecule has 3 aromatic rings. The van der Waals surface area contributed by atoms with Crippen LogP contribution in [0.15, 0.2) is 48.4 Å². The maximum Gasteiger partial charge on any atom is 0.127 e. The monoisotopic (exact) mass is 399 g/mol. The molecule has 0 unspecified atom stereocenters. The summed E-state index contributed by atoms with van der Waals surface area (Å²) in [7, 11) is 0. The largest absolute Gasteiger partial charge is 0.509 e. The molecule has 148 valence electrons. The van der Waals surface area contributed by atoms with E-state index in [1.165, 1.54) is 6.26 Å². The van der Waals surface area contributed by atoms with E-state index in [4.69, 9.17) is 16.3 Å². The van der Waals surface area contributed by atoms with Gasteiger partial charge >= 0.3 is 0 Å². The van der Waals surface area contributed by atoms with Gasteiger partial charge in [0.2, 0.25) is 0 Å². The number of aliphatic hydroxyl groups is 1. The van der Waals surface area contributed by atoms with E-state index in [1.807, 2.05) is 25.1 Å². The van der Waals surface area contributed by atoms with Gasteiger partial charge < -0.3 is 9.84 Å². The molecule has 3 rings (SSSR count). The molecule has 6 heteroatoms. The number of nitrogens with zero attached hydrogens (tertiary/aromatic N) is 3. The molecule has 0 aliphatic rings. The Morgan fingerprint density at radius 1 is 1.14 bits per heavy atom. The summed E-state index contributed by atoms with van der Waals surface area (Å²) in [6.45, 7) is 8.71. The van der Waals surface area contributed by atoms with Gasteiger partial charge in [0.1, 0.15) is 23.1 Å². The second-order valence-electron chi connectivity index (χ2n) is 8.22. The highest BCUT2D eigenvalue weighted by Gasteiger charge is 2.13. The first-order valence-electron chi connectivity index (χ1n) is 9.33. The molecule has 1 aromatic heterocycles. The molecule has 0 amide bonds. The lowest BCUT2D eigenvalue weighted by molar-refractivity contribution is 0.216. The molecule has 0 radical (unpaired) electrons. The lowest BCUT2D eigenvalue weighted by Crippen LogP contribution is -2.07. The SMILES string of the molecule is Cc1ccc(CCOC=C(O)CC(C)(C)C)c(-n2nc3ccc(Cl)cc3n2)c1. The van der Waals surface area contributed by atoms with Crippen LogP contribution in [0.2, 0.25) is 5.02 Å². The number of benzene rings is 2. The second kappa shape index (κ2) is 8.23. The van der Waals surface area contributed by atoms with Crippen molar-refractivity contribution in [1.82, 2.24) is 15.0 Å². The number of hydrogen-bond donors (Lipinski definition) is 1. The molecule has 0 aliphatic heterocycles. The van der Waals surface area contributed by atoms with E-state index in [2.05, 4.69) is 49.2 Å². The molecule has 0 saturated heterocycles. The number of allylic oxidation sites excluding steroid dienone is 1. The summed E-state index contributed by atoms with van der Waals surface area (Å²) in [5.74, 6) is 0.258. The number of hydrogen-bond acceptors (Lipinski definition) is 4. The van der Waals surface area contributed by atoms with Gasteiger partial charge in [-0.2, -0.15) is 4.80 Å². The van der Waals surface area contributed by atoms with Crippen LogP contribution in [-0.2, 0) is 11.2 Å². The van der Waals surface area contributed by atoms with E-state index < -0.39 is 0 Å². The Kier molecular flexibility index (Phi) is 5.94. The summed E-state index contributed by atoms with van der Waals surface area (Å²) in [4.78, 5) is 1.65. The van der Waals surface area contributed by atoms with Gasteiger partial charge in [-0.05, 0) is 47.7 Å². The van der Waals surface area contributed by atoms with E-state index >= 15 is 0 Å². The Morgan fingerprint density at radius 3 is 2.64 bits per heavy atom. The van der Waals surface area contributed by atoms with Gasteiger partial charge in [0.05, 0.1) is 12.3 Å². The van der Waals surface area contributed by atoms with Crippen LogP contribution < -0.4 is 0 Å². The van der Waals surface area contributed by atoms with Crippen LogP contribution in [0.3, 0.4) is 0 Å². The van der Waals surface area contributed by atoms with E-state index in [0.29, 0.717) is 24.5 Å². The van der Waals surface area contributed by atoms with Gasteiger partial charge in [0.15, 0.2) is 0 Å². The van der Waals surface area contributed by atoms with Crippen molar-refractivity contribution in [2.45, 2.75) is 40.5 Å². The molecule has 5 nitrogen and oxygen atoms in total. The summed E-state index contributed by atoms with van der Waals surface area (Å²) < 4.78 is 5.56. The fourth-order valence-corrected chi connectivity index (χ4v) is 3.14. The Bertz CT molecular complexity index is 1000. The van der Waals surface area contributed by atoms with Crippen LogP contribution >= 0.6 is 11.6 Å². The normalized spacial score (nSPS) is 12.5.